The van der Waals surface area contributed by atoms with Crippen molar-refractivity contribution < 1.29 is 14.7 Å². The van der Waals surface area contributed by atoms with Gasteiger partial charge in [0.15, 0.2) is 0 Å². The van der Waals surface area contributed by atoms with Crippen LogP contribution >= 0.6 is 15.9 Å². The van der Waals surface area contributed by atoms with Gasteiger partial charge in [-0.25, -0.2) is 4.68 Å². The van der Waals surface area contributed by atoms with Crippen LogP contribution in [0.2, 0.25) is 0 Å². The smallest absolute Gasteiger partial charge is 0.259 e. The summed E-state index contributed by atoms with van der Waals surface area (Å²) in [7, 11) is 0. The van der Waals surface area contributed by atoms with Crippen LogP contribution in [0.3, 0.4) is 0 Å². The zero-order chi connectivity index (χ0) is 21.1. The molecule has 0 bridgehead atoms. The molecule has 0 spiro atoms. The first-order valence-electron chi connectivity index (χ1n) is 9.05. The summed E-state index contributed by atoms with van der Waals surface area (Å²) in [4.78, 5) is 23.9. The number of carbonyl (C=O) groups excluding carboxylic acids is 2. The maximum absolute atomic E-state index is 13.0. The van der Waals surface area contributed by atoms with E-state index in [1.807, 2.05) is 54.6 Å². The molecule has 0 aliphatic rings. The number of rotatable bonds is 5. The molecular weight excluding hydrogens is 446 g/mol. The van der Waals surface area contributed by atoms with Crippen LogP contribution in [0.25, 0.3) is 16.9 Å². The van der Waals surface area contributed by atoms with E-state index in [0.717, 1.165) is 15.7 Å². The highest BCUT2D eigenvalue weighted by molar-refractivity contribution is 9.10. The van der Waals surface area contributed by atoms with Gasteiger partial charge in [-0.2, -0.15) is 5.10 Å². The predicted octanol–water partition coefficient (Wildman–Crippen LogP) is 3.92. The fourth-order valence-corrected chi connectivity index (χ4v) is 3.23. The van der Waals surface area contributed by atoms with Crippen molar-refractivity contribution in [1.29, 1.82) is 0 Å². The lowest BCUT2D eigenvalue weighted by atomic mass is 10.1. The summed E-state index contributed by atoms with van der Waals surface area (Å²) in [6, 6.07) is 22.8. The van der Waals surface area contributed by atoms with Gasteiger partial charge in [-0.3, -0.25) is 4.79 Å². The number of aromatic nitrogens is 2. The van der Waals surface area contributed by atoms with Gasteiger partial charge < -0.3 is 15.2 Å². The molecule has 148 valence electrons. The summed E-state index contributed by atoms with van der Waals surface area (Å²) >= 11 is 3.42. The zero-order valence-corrected chi connectivity index (χ0v) is 17.2. The van der Waals surface area contributed by atoms with Crippen molar-refractivity contribution in [3.8, 4) is 16.9 Å². The predicted molar refractivity (Wildman–Crippen MR) is 115 cm³/mol. The number of nitrogens with zero attached hydrogens (tertiary/aromatic N) is 2. The Hall–Kier alpha value is -3.71. The number of halogens is 1. The van der Waals surface area contributed by atoms with Gasteiger partial charge in [0.05, 0.1) is 17.2 Å². The minimum Gasteiger partial charge on any atom is -0.545 e. The minimum atomic E-state index is -1.27. The van der Waals surface area contributed by atoms with E-state index < -0.39 is 5.97 Å². The molecular formula is C23H15BrN3O3-. The average Bonchev–Trinajstić information content (AvgIpc) is 3.21. The van der Waals surface area contributed by atoms with Gasteiger partial charge in [0.2, 0.25) is 0 Å². The molecule has 1 N–H and O–H groups in total. The molecule has 3 aromatic carbocycles. The first-order valence-corrected chi connectivity index (χ1v) is 9.84. The van der Waals surface area contributed by atoms with Gasteiger partial charge >= 0.3 is 0 Å². The molecule has 4 aromatic rings. The summed E-state index contributed by atoms with van der Waals surface area (Å²) in [5.74, 6) is -1.62. The van der Waals surface area contributed by atoms with Gasteiger partial charge in [0.1, 0.15) is 5.69 Å². The third kappa shape index (κ3) is 4.16. The van der Waals surface area contributed by atoms with Crippen molar-refractivity contribution >= 4 is 33.5 Å². The molecule has 0 atom stereocenters. The number of hydrogen-bond donors (Lipinski definition) is 1. The Morgan fingerprint density at radius 2 is 1.57 bits per heavy atom. The topological polar surface area (TPSA) is 87.0 Å². The zero-order valence-electron chi connectivity index (χ0n) is 15.6. The number of aromatic carboxylic acids is 1. The summed E-state index contributed by atoms with van der Waals surface area (Å²) in [5.41, 5.74) is 3.07. The van der Waals surface area contributed by atoms with E-state index >= 15 is 0 Å². The first kappa shape index (κ1) is 19.6. The number of nitrogens with one attached hydrogen (secondary N) is 1. The lowest BCUT2D eigenvalue weighted by molar-refractivity contribution is -0.255. The monoisotopic (exact) mass is 460 g/mol. The van der Waals surface area contributed by atoms with E-state index in [4.69, 9.17) is 0 Å². The minimum absolute atomic E-state index is 0.0421. The van der Waals surface area contributed by atoms with Crippen molar-refractivity contribution in [3.63, 3.8) is 0 Å². The van der Waals surface area contributed by atoms with Crippen LogP contribution in [0, 0.1) is 0 Å². The van der Waals surface area contributed by atoms with Crippen LogP contribution in [0.1, 0.15) is 20.7 Å². The van der Waals surface area contributed by atoms with Crippen molar-refractivity contribution in [2.75, 3.05) is 5.32 Å². The molecule has 1 heterocycles. The number of anilines is 1. The molecule has 4 rings (SSSR count). The van der Waals surface area contributed by atoms with E-state index in [-0.39, 0.29) is 11.5 Å². The fourth-order valence-electron chi connectivity index (χ4n) is 2.96. The summed E-state index contributed by atoms with van der Waals surface area (Å²) in [6.45, 7) is 0. The van der Waals surface area contributed by atoms with Crippen LogP contribution in [0.4, 0.5) is 5.69 Å². The molecule has 1 amide bonds. The van der Waals surface area contributed by atoms with Gasteiger partial charge in [-0.15, -0.1) is 0 Å². The van der Waals surface area contributed by atoms with Gasteiger partial charge in [-0.05, 0) is 42.0 Å². The molecule has 0 saturated heterocycles. The molecule has 6 nitrogen and oxygen atoms in total. The van der Waals surface area contributed by atoms with Crippen molar-refractivity contribution in [3.05, 3.63) is 101 Å². The molecule has 1 aromatic heterocycles. The number of carboxylic acids is 1. The van der Waals surface area contributed by atoms with Crippen LogP contribution in [-0.4, -0.2) is 21.7 Å². The molecule has 0 radical (unpaired) electrons. The number of carboxylic acid groups (broad SMARTS) is 1. The average molecular weight is 461 g/mol. The van der Waals surface area contributed by atoms with Crippen LogP contribution in [0.15, 0.2) is 89.5 Å². The SMILES string of the molecule is O=C([O-])c1ccc(NC(=O)c2cn(-c3ccccc3)nc2-c2ccc(Br)cc2)cc1. The molecule has 7 heteroatoms. The largest absolute Gasteiger partial charge is 0.545 e. The van der Waals surface area contributed by atoms with E-state index in [0.29, 0.717) is 16.9 Å². The summed E-state index contributed by atoms with van der Waals surface area (Å²) < 4.78 is 2.58. The molecule has 0 unspecified atom stereocenters. The second kappa shape index (κ2) is 8.34. The van der Waals surface area contributed by atoms with Crippen molar-refractivity contribution in [2.45, 2.75) is 0 Å². The Balaban J connectivity index is 1.71. The summed E-state index contributed by atoms with van der Waals surface area (Å²) in [5, 5.41) is 18.3. The third-order valence-corrected chi connectivity index (χ3v) is 5.00. The lowest BCUT2D eigenvalue weighted by Gasteiger charge is -2.07. The number of benzene rings is 3. The third-order valence-electron chi connectivity index (χ3n) is 4.48. The van der Waals surface area contributed by atoms with E-state index in [9.17, 15) is 14.7 Å². The number of para-hydroxylation sites is 1. The first-order chi connectivity index (χ1) is 14.5. The normalized spacial score (nSPS) is 10.6. The van der Waals surface area contributed by atoms with Crippen molar-refractivity contribution in [2.24, 2.45) is 0 Å². The summed E-state index contributed by atoms with van der Waals surface area (Å²) in [6.07, 6.45) is 1.68. The Kier molecular flexibility index (Phi) is 5.45. The van der Waals surface area contributed by atoms with Crippen LogP contribution in [0.5, 0.6) is 0 Å². The fraction of sp³-hybridized carbons (Fsp3) is 0. The second-order valence-corrected chi connectivity index (χ2v) is 7.41. The highest BCUT2D eigenvalue weighted by Crippen LogP contribution is 2.26. The van der Waals surface area contributed by atoms with Gasteiger partial charge in [0, 0.05) is 21.9 Å². The second-order valence-electron chi connectivity index (χ2n) is 6.50. The van der Waals surface area contributed by atoms with Crippen molar-refractivity contribution in [1.82, 2.24) is 9.78 Å². The standard InChI is InChI=1S/C23H16BrN3O3/c24-17-10-6-15(7-11-17)21-20(14-27(26-21)19-4-2-1-3-5-19)22(28)25-18-12-8-16(9-13-18)23(29)30/h1-14H,(H,25,28)(H,29,30)/p-1. The number of carbonyl (C=O) groups is 2. The molecule has 0 fully saturated rings. The Morgan fingerprint density at radius 3 is 2.20 bits per heavy atom. The van der Waals surface area contributed by atoms with Gasteiger partial charge in [-0.1, -0.05) is 58.4 Å². The van der Waals surface area contributed by atoms with Gasteiger partial charge in [0.25, 0.3) is 5.91 Å². The van der Waals surface area contributed by atoms with E-state index in [2.05, 4.69) is 26.3 Å². The maximum Gasteiger partial charge on any atom is 0.259 e. The Bertz CT molecular complexity index is 1200. The van der Waals surface area contributed by atoms with Crippen LogP contribution < -0.4 is 10.4 Å². The number of hydrogen-bond acceptors (Lipinski definition) is 4. The van der Waals surface area contributed by atoms with E-state index in [1.165, 1.54) is 24.3 Å². The Morgan fingerprint density at radius 1 is 0.900 bits per heavy atom. The highest BCUT2D eigenvalue weighted by atomic mass is 79.9. The molecule has 0 saturated carbocycles. The highest BCUT2D eigenvalue weighted by Gasteiger charge is 2.19. The Labute approximate surface area is 180 Å². The molecule has 0 aliphatic carbocycles. The lowest BCUT2D eigenvalue weighted by Crippen LogP contribution is -2.22. The molecule has 0 aliphatic heterocycles. The van der Waals surface area contributed by atoms with Crippen LogP contribution in [-0.2, 0) is 0 Å². The van der Waals surface area contributed by atoms with E-state index in [1.54, 1.807) is 10.9 Å². The quantitative estimate of drug-likeness (QED) is 0.488. The molecule has 30 heavy (non-hydrogen) atoms. The number of amides is 1. The maximum atomic E-state index is 13.0.